The van der Waals surface area contributed by atoms with Gasteiger partial charge in [0, 0.05) is 18.7 Å². The van der Waals surface area contributed by atoms with E-state index in [2.05, 4.69) is 4.98 Å². The van der Waals surface area contributed by atoms with E-state index in [-0.39, 0.29) is 18.7 Å². The van der Waals surface area contributed by atoms with Crippen molar-refractivity contribution >= 4 is 5.97 Å². The van der Waals surface area contributed by atoms with Crippen molar-refractivity contribution in [1.29, 1.82) is 0 Å². The number of carbonyl (C=O) groups is 1. The Morgan fingerprint density at radius 2 is 2.43 bits per heavy atom. The smallest absolute Gasteiger partial charge is 0.304 e. The summed E-state index contributed by atoms with van der Waals surface area (Å²) in [5, 5.41) is 8.56. The Hall–Kier alpha value is -1.49. The Bertz CT molecular complexity index is 330. The molecule has 1 rings (SSSR count). The van der Waals surface area contributed by atoms with Gasteiger partial charge in [-0.05, 0) is 12.1 Å². The zero-order chi connectivity index (χ0) is 10.6. The summed E-state index contributed by atoms with van der Waals surface area (Å²) >= 11 is 0. The van der Waals surface area contributed by atoms with Crippen molar-refractivity contribution in [2.45, 2.75) is 12.3 Å². The van der Waals surface area contributed by atoms with Crippen LogP contribution >= 0.6 is 0 Å². The van der Waals surface area contributed by atoms with Crippen LogP contribution in [0, 0.1) is 5.82 Å². The van der Waals surface area contributed by atoms with Crippen LogP contribution in [0.3, 0.4) is 0 Å². The van der Waals surface area contributed by atoms with E-state index in [0.29, 0.717) is 0 Å². The number of rotatable bonds is 4. The molecule has 0 amide bonds. The first kappa shape index (κ1) is 10.6. The van der Waals surface area contributed by atoms with Crippen LogP contribution in [-0.2, 0) is 4.79 Å². The van der Waals surface area contributed by atoms with Crippen LogP contribution in [0.5, 0.6) is 0 Å². The Morgan fingerprint density at radius 1 is 1.71 bits per heavy atom. The molecule has 1 atom stereocenters. The topological polar surface area (TPSA) is 76.2 Å². The van der Waals surface area contributed by atoms with Gasteiger partial charge >= 0.3 is 5.97 Å². The highest BCUT2D eigenvalue weighted by atomic mass is 19.1. The monoisotopic (exact) mass is 198 g/mol. The Labute approximate surface area is 80.6 Å². The van der Waals surface area contributed by atoms with E-state index >= 15 is 0 Å². The zero-order valence-electron chi connectivity index (χ0n) is 7.48. The number of carboxylic acid groups (broad SMARTS) is 1. The fourth-order valence-corrected chi connectivity index (χ4v) is 1.20. The molecule has 0 aromatic carbocycles. The lowest BCUT2D eigenvalue weighted by Crippen LogP contribution is -2.18. The molecule has 1 heterocycles. The summed E-state index contributed by atoms with van der Waals surface area (Å²) in [5.74, 6) is -2.08. The molecule has 4 nitrogen and oxygen atoms in total. The van der Waals surface area contributed by atoms with Gasteiger partial charge in [-0.2, -0.15) is 0 Å². The van der Waals surface area contributed by atoms with Gasteiger partial charge in [0.25, 0.3) is 0 Å². The summed E-state index contributed by atoms with van der Waals surface area (Å²) in [5.41, 5.74) is 5.47. The molecule has 3 N–H and O–H groups in total. The molecule has 0 radical (unpaired) electrons. The van der Waals surface area contributed by atoms with Crippen LogP contribution in [0.2, 0.25) is 0 Å². The first-order valence-corrected chi connectivity index (χ1v) is 4.17. The lowest BCUT2D eigenvalue weighted by Gasteiger charge is -2.11. The summed E-state index contributed by atoms with van der Waals surface area (Å²) in [6, 6.07) is 2.69. The van der Waals surface area contributed by atoms with Gasteiger partial charge in [0.05, 0.1) is 12.1 Å². The van der Waals surface area contributed by atoms with E-state index in [0.717, 1.165) is 0 Å². The molecule has 0 fully saturated rings. The minimum absolute atomic E-state index is 0.0697. The fraction of sp³-hybridized carbons (Fsp3) is 0.333. The Balaban J connectivity index is 2.89. The summed E-state index contributed by atoms with van der Waals surface area (Å²) in [6.07, 6.45) is 1.22. The van der Waals surface area contributed by atoms with E-state index in [1.54, 1.807) is 0 Å². The summed E-state index contributed by atoms with van der Waals surface area (Å²) in [4.78, 5) is 14.2. The van der Waals surface area contributed by atoms with Gasteiger partial charge in [0.2, 0.25) is 0 Å². The quantitative estimate of drug-likeness (QED) is 0.748. The molecule has 5 heteroatoms. The molecular formula is C9H11FN2O2. The van der Waals surface area contributed by atoms with Crippen LogP contribution < -0.4 is 5.73 Å². The molecule has 1 aromatic heterocycles. The third-order valence-corrected chi connectivity index (χ3v) is 1.88. The predicted molar refractivity (Wildman–Crippen MR) is 48.2 cm³/mol. The van der Waals surface area contributed by atoms with Gasteiger partial charge in [0.1, 0.15) is 5.82 Å². The summed E-state index contributed by atoms with van der Waals surface area (Å²) in [7, 11) is 0. The van der Waals surface area contributed by atoms with E-state index in [1.807, 2.05) is 0 Å². The number of hydrogen-bond donors (Lipinski definition) is 2. The normalized spacial score (nSPS) is 12.4. The Kier molecular flexibility index (Phi) is 3.53. The first-order chi connectivity index (χ1) is 6.65. The van der Waals surface area contributed by atoms with Crippen LogP contribution in [0.15, 0.2) is 18.3 Å². The maximum Gasteiger partial charge on any atom is 0.304 e. The predicted octanol–water partition coefficient (Wildman–Crippen LogP) is 0.738. The van der Waals surface area contributed by atoms with Crippen molar-refractivity contribution < 1.29 is 14.3 Å². The minimum Gasteiger partial charge on any atom is -0.481 e. The zero-order valence-corrected chi connectivity index (χ0v) is 7.48. The highest BCUT2D eigenvalue weighted by Crippen LogP contribution is 2.18. The second kappa shape index (κ2) is 4.66. The summed E-state index contributed by atoms with van der Waals surface area (Å²) in [6.45, 7) is 0.0697. The fourth-order valence-electron chi connectivity index (χ4n) is 1.20. The molecule has 0 saturated heterocycles. The molecule has 0 bridgehead atoms. The van der Waals surface area contributed by atoms with E-state index in [1.165, 1.54) is 18.3 Å². The number of carboxylic acids is 1. The Morgan fingerprint density at radius 3 is 2.93 bits per heavy atom. The average Bonchev–Trinajstić information content (AvgIpc) is 2.15. The molecule has 76 valence electrons. The molecule has 0 spiro atoms. The van der Waals surface area contributed by atoms with Crippen molar-refractivity contribution in [1.82, 2.24) is 4.98 Å². The van der Waals surface area contributed by atoms with E-state index in [9.17, 15) is 9.18 Å². The molecule has 0 saturated carbocycles. The lowest BCUT2D eigenvalue weighted by atomic mass is 10.0. The molecule has 1 aromatic rings. The maximum atomic E-state index is 13.2. The number of aromatic nitrogens is 1. The third-order valence-electron chi connectivity index (χ3n) is 1.88. The van der Waals surface area contributed by atoms with Crippen LogP contribution in [-0.4, -0.2) is 22.6 Å². The number of aliphatic carboxylic acids is 1. The second-order valence-corrected chi connectivity index (χ2v) is 2.90. The number of nitrogens with zero attached hydrogens (tertiary/aromatic N) is 1. The van der Waals surface area contributed by atoms with Crippen LogP contribution in [0.4, 0.5) is 4.39 Å². The third kappa shape index (κ3) is 2.50. The lowest BCUT2D eigenvalue weighted by molar-refractivity contribution is -0.137. The standard InChI is InChI=1S/C9H11FN2O2/c10-7-2-1-3-12-9(7)6(5-11)4-8(13)14/h1-3,6H,4-5,11H2,(H,13,14). The summed E-state index contributed by atoms with van der Waals surface area (Å²) < 4.78 is 13.2. The van der Waals surface area contributed by atoms with Gasteiger partial charge in [-0.1, -0.05) is 0 Å². The van der Waals surface area contributed by atoms with Crippen molar-refractivity contribution in [3.05, 3.63) is 29.8 Å². The highest BCUT2D eigenvalue weighted by molar-refractivity contribution is 5.67. The van der Waals surface area contributed by atoms with Crippen LogP contribution in [0.1, 0.15) is 18.0 Å². The van der Waals surface area contributed by atoms with Crippen molar-refractivity contribution in [3.8, 4) is 0 Å². The number of hydrogen-bond acceptors (Lipinski definition) is 3. The molecule has 0 aliphatic carbocycles. The van der Waals surface area contributed by atoms with Gasteiger partial charge < -0.3 is 10.8 Å². The molecule has 14 heavy (non-hydrogen) atoms. The van der Waals surface area contributed by atoms with Gasteiger partial charge in [-0.3, -0.25) is 9.78 Å². The molecule has 0 aliphatic heterocycles. The largest absolute Gasteiger partial charge is 0.481 e. The van der Waals surface area contributed by atoms with E-state index < -0.39 is 17.7 Å². The number of halogens is 1. The minimum atomic E-state index is -1.01. The van der Waals surface area contributed by atoms with E-state index in [4.69, 9.17) is 10.8 Å². The second-order valence-electron chi connectivity index (χ2n) is 2.90. The van der Waals surface area contributed by atoms with Gasteiger partial charge in [0.15, 0.2) is 0 Å². The molecular weight excluding hydrogens is 187 g/mol. The molecule has 1 unspecified atom stereocenters. The van der Waals surface area contributed by atoms with Crippen LogP contribution in [0.25, 0.3) is 0 Å². The SMILES string of the molecule is NCC(CC(=O)O)c1ncccc1F. The van der Waals surface area contributed by atoms with Crippen molar-refractivity contribution in [2.75, 3.05) is 6.54 Å². The highest BCUT2D eigenvalue weighted by Gasteiger charge is 2.18. The van der Waals surface area contributed by atoms with Crippen molar-refractivity contribution in [2.24, 2.45) is 5.73 Å². The maximum absolute atomic E-state index is 13.2. The van der Waals surface area contributed by atoms with Crippen molar-refractivity contribution in [3.63, 3.8) is 0 Å². The first-order valence-electron chi connectivity index (χ1n) is 4.17. The van der Waals surface area contributed by atoms with Gasteiger partial charge in [-0.15, -0.1) is 0 Å². The number of nitrogens with two attached hydrogens (primary N) is 1. The number of pyridine rings is 1. The average molecular weight is 198 g/mol. The molecule has 0 aliphatic rings. The van der Waals surface area contributed by atoms with Gasteiger partial charge in [-0.25, -0.2) is 4.39 Å².